The molecule has 11 nitrogen and oxygen atoms in total. The molecule has 1 saturated heterocycles. The zero-order chi connectivity index (χ0) is 23.8. The summed E-state index contributed by atoms with van der Waals surface area (Å²) in [6, 6.07) is 6.34. The van der Waals surface area contributed by atoms with Gasteiger partial charge >= 0.3 is 23.9 Å². The molecular weight excluding hydrogens is 426 g/mol. The van der Waals surface area contributed by atoms with Gasteiger partial charge in [0.15, 0.2) is 24.5 Å². The van der Waals surface area contributed by atoms with E-state index in [0.717, 1.165) is 20.8 Å². The van der Waals surface area contributed by atoms with E-state index in [9.17, 15) is 24.3 Å². The number of carbonyl (C=O) groups is 4. The third-order valence-electron chi connectivity index (χ3n) is 4.26. The Morgan fingerprint density at radius 1 is 0.906 bits per heavy atom. The number of rotatable bonds is 7. The van der Waals surface area contributed by atoms with Gasteiger partial charge in [0.05, 0.1) is 0 Å². The molecule has 32 heavy (non-hydrogen) atoms. The van der Waals surface area contributed by atoms with Crippen LogP contribution in [0, 0.1) is 0 Å². The second kappa shape index (κ2) is 11.2. The molecule has 1 heterocycles. The van der Waals surface area contributed by atoms with E-state index in [1.807, 2.05) is 0 Å². The number of aliphatic imine (C=N–C) groups is 1. The molecular formula is C21H25NO10. The van der Waals surface area contributed by atoms with Gasteiger partial charge in [-0.1, -0.05) is 12.1 Å². The summed E-state index contributed by atoms with van der Waals surface area (Å²) in [6.07, 6.45) is -4.90. The lowest BCUT2D eigenvalue weighted by atomic mass is 9.97. The molecule has 5 unspecified atom stereocenters. The first kappa shape index (κ1) is 24.8. The number of phenolic OH excluding ortho intramolecular Hbond substituents is 1. The van der Waals surface area contributed by atoms with Gasteiger partial charge in [-0.05, 0) is 12.1 Å². The van der Waals surface area contributed by atoms with Gasteiger partial charge in [0.25, 0.3) is 0 Å². The van der Waals surface area contributed by atoms with Gasteiger partial charge in [0.1, 0.15) is 18.5 Å². The highest BCUT2D eigenvalue weighted by Gasteiger charge is 2.52. The fourth-order valence-corrected chi connectivity index (χ4v) is 3.08. The Balaban J connectivity index is 2.47. The van der Waals surface area contributed by atoms with Crippen LogP contribution >= 0.6 is 0 Å². The highest BCUT2D eigenvalue weighted by Crippen LogP contribution is 2.30. The monoisotopic (exact) mass is 451 g/mol. The Hall–Kier alpha value is -3.47. The van der Waals surface area contributed by atoms with Gasteiger partial charge in [-0.3, -0.25) is 24.2 Å². The van der Waals surface area contributed by atoms with E-state index in [-0.39, 0.29) is 12.4 Å². The Kier molecular flexibility index (Phi) is 8.71. The quantitative estimate of drug-likeness (QED) is 0.360. The van der Waals surface area contributed by atoms with Crippen molar-refractivity contribution >= 4 is 30.1 Å². The fourth-order valence-electron chi connectivity index (χ4n) is 3.08. The van der Waals surface area contributed by atoms with Crippen LogP contribution in [0.15, 0.2) is 29.3 Å². The maximum Gasteiger partial charge on any atom is 0.303 e. The number of ether oxygens (including phenoxy) is 5. The first-order chi connectivity index (χ1) is 15.1. The van der Waals surface area contributed by atoms with Crippen LogP contribution in [0.4, 0.5) is 0 Å². The number of aromatic hydroxyl groups is 1. The van der Waals surface area contributed by atoms with E-state index in [1.165, 1.54) is 19.2 Å². The second-order valence-electron chi connectivity index (χ2n) is 6.93. The number of esters is 4. The molecule has 1 N–H and O–H groups in total. The standard InChI is InChI=1S/C21H25NO10/c1-11(23)28-10-17-18(29-12(2)24)19(30-13(3)25)20(31-14(4)26)21(32-17)22-9-15-7-5-6-8-16(15)27/h5-9,17-21,27H,10H2,1-4H3. The van der Waals surface area contributed by atoms with Crippen LogP contribution in [0.2, 0.25) is 0 Å². The van der Waals surface area contributed by atoms with E-state index < -0.39 is 54.5 Å². The number of carbonyl (C=O) groups excluding carboxylic acids is 4. The first-order valence-electron chi connectivity index (χ1n) is 9.70. The van der Waals surface area contributed by atoms with Crippen molar-refractivity contribution in [3.05, 3.63) is 29.8 Å². The Labute approximate surface area is 184 Å². The van der Waals surface area contributed by atoms with Gasteiger partial charge in [-0.2, -0.15) is 0 Å². The molecule has 0 spiro atoms. The number of hydrogen-bond acceptors (Lipinski definition) is 11. The van der Waals surface area contributed by atoms with Crippen LogP contribution in [0.25, 0.3) is 0 Å². The molecule has 0 aliphatic carbocycles. The number of phenols is 1. The lowest BCUT2D eigenvalue weighted by Gasteiger charge is -2.43. The van der Waals surface area contributed by atoms with Crippen molar-refractivity contribution in [3.8, 4) is 5.75 Å². The molecule has 1 aliphatic heterocycles. The van der Waals surface area contributed by atoms with Crippen molar-refractivity contribution in [1.82, 2.24) is 0 Å². The highest BCUT2D eigenvalue weighted by atomic mass is 16.7. The molecule has 0 aromatic heterocycles. The summed E-state index contributed by atoms with van der Waals surface area (Å²) in [5.74, 6) is -2.85. The predicted molar refractivity (Wildman–Crippen MR) is 108 cm³/mol. The minimum atomic E-state index is -1.30. The summed E-state index contributed by atoms with van der Waals surface area (Å²) >= 11 is 0. The molecule has 5 atom stereocenters. The second-order valence-corrected chi connectivity index (χ2v) is 6.93. The summed E-state index contributed by atoms with van der Waals surface area (Å²) in [5.41, 5.74) is 0.348. The molecule has 1 aliphatic rings. The molecule has 174 valence electrons. The van der Waals surface area contributed by atoms with Crippen molar-refractivity contribution in [2.45, 2.75) is 58.3 Å². The molecule has 1 aromatic carbocycles. The van der Waals surface area contributed by atoms with Gasteiger partial charge in [-0.15, -0.1) is 0 Å². The minimum absolute atomic E-state index is 0.0538. The van der Waals surface area contributed by atoms with E-state index >= 15 is 0 Å². The SMILES string of the molecule is CC(=O)OCC1OC(N=Cc2ccccc2O)C(OC(C)=O)C(OC(C)=O)C1OC(C)=O. The van der Waals surface area contributed by atoms with Crippen LogP contribution in [-0.2, 0) is 42.9 Å². The zero-order valence-corrected chi connectivity index (χ0v) is 18.0. The topological polar surface area (TPSA) is 147 Å². The third kappa shape index (κ3) is 7.05. The van der Waals surface area contributed by atoms with Crippen molar-refractivity contribution < 1.29 is 48.0 Å². The van der Waals surface area contributed by atoms with E-state index in [0.29, 0.717) is 5.56 Å². The molecule has 2 rings (SSSR count). The summed E-state index contributed by atoms with van der Waals surface area (Å²) in [4.78, 5) is 50.8. The van der Waals surface area contributed by atoms with Crippen LogP contribution in [0.5, 0.6) is 5.75 Å². The first-order valence-corrected chi connectivity index (χ1v) is 9.70. The summed E-state index contributed by atoms with van der Waals surface area (Å²) in [6.45, 7) is 4.24. The number of para-hydroxylation sites is 1. The average Bonchev–Trinajstić information content (AvgIpc) is 2.68. The van der Waals surface area contributed by atoms with Gasteiger partial charge in [0, 0.05) is 39.5 Å². The van der Waals surface area contributed by atoms with Crippen molar-refractivity contribution in [3.63, 3.8) is 0 Å². The molecule has 0 amide bonds. The van der Waals surface area contributed by atoms with Crippen LogP contribution in [-0.4, -0.2) is 72.4 Å². The van der Waals surface area contributed by atoms with E-state index in [1.54, 1.807) is 18.2 Å². The lowest BCUT2D eigenvalue weighted by Crippen LogP contribution is -2.62. The predicted octanol–water partition coefficient (Wildman–Crippen LogP) is 0.894. The highest BCUT2D eigenvalue weighted by molar-refractivity contribution is 5.83. The Bertz CT molecular complexity index is 883. The average molecular weight is 451 g/mol. The molecule has 11 heteroatoms. The van der Waals surface area contributed by atoms with Crippen LogP contribution in [0.3, 0.4) is 0 Å². The maximum atomic E-state index is 11.8. The maximum absolute atomic E-state index is 11.8. The summed E-state index contributed by atoms with van der Waals surface area (Å²) in [5, 5.41) is 9.96. The molecule has 0 radical (unpaired) electrons. The normalized spacial score (nSPS) is 25.1. The van der Waals surface area contributed by atoms with E-state index in [2.05, 4.69) is 4.99 Å². The van der Waals surface area contributed by atoms with Crippen molar-refractivity contribution in [1.29, 1.82) is 0 Å². The summed E-state index contributed by atoms with van der Waals surface area (Å²) in [7, 11) is 0. The smallest absolute Gasteiger partial charge is 0.303 e. The zero-order valence-electron chi connectivity index (χ0n) is 18.0. The van der Waals surface area contributed by atoms with Crippen LogP contribution in [0.1, 0.15) is 33.3 Å². The Morgan fingerprint density at radius 3 is 2.03 bits per heavy atom. The Morgan fingerprint density at radius 2 is 1.47 bits per heavy atom. The third-order valence-corrected chi connectivity index (χ3v) is 4.26. The van der Waals surface area contributed by atoms with Crippen molar-refractivity contribution in [2.24, 2.45) is 4.99 Å². The number of hydrogen-bond donors (Lipinski definition) is 1. The van der Waals surface area contributed by atoms with Gasteiger partial charge < -0.3 is 28.8 Å². The largest absolute Gasteiger partial charge is 0.507 e. The fraction of sp³-hybridized carbons (Fsp3) is 0.476. The minimum Gasteiger partial charge on any atom is -0.507 e. The lowest BCUT2D eigenvalue weighted by molar-refractivity contribution is -0.250. The summed E-state index contributed by atoms with van der Waals surface area (Å²) < 4.78 is 26.7. The van der Waals surface area contributed by atoms with Gasteiger partial charge in [0.2, 0.25) is 0 Å². The number of nitrogens with zero attached hydrogens (tertiary/aromatic N) is 1. The molecule has 0 bridgehead atoms. The van der Waals surface area contributed by atoms with Crippen molar-refractivity contribution in [2.75, 3.05) is 6.61 Å². The molecule has 1 aromatic rings. The van der Waals surface area contributed by atoms with Gasteiger partial charge in [-0.25, -0.2) is 0 Å². The number of benzene rings is 1. The molecule has 0 saturated carbocycles. The van der Waals surface area contributed by atoms with Crippen LogP contribution < -0.4 is 0 Å². The van der Waals surface area contributed by atoms with E-state index in [4.69, 9.17) is 23.7 Å². The molecule has 1 fully saturated rings.